The van der Waals surface area contributed by atoms with Crippen molar-refractivity contribution in [2.45, 2.75) is 64.3 Å². The number of hydrogen-bond acceptors (Lipinski definition) is 7. The molecule has 1 atom stereocenters. The number of aryl methyl sites for hydroxylation is 3. The summed E-state index contributed by atoms with van der Waals surface area (Å²) in [6.07, 6.45) is 8.14. The van der Waals surface area contributed by atoms with Gasteiger partial charge in [-0.15, -0.1) is 11.3 Å². The Balaban J connectivity index is 1.38. The molecule has 0 spiro atoms. The van der Waals surface area contributed by atoms with Crippen LogP contribution in [0.4, 0.5) is 5.13 Å². The largest absolute Gasteiger partial charge is 0.485 e. The molecule has 1 N–H and O–H groups in total. The van der Waals surface area contributed by atoms with Crippen molar-refractivity contribution in [3.8, 4) is 11.5 Å². The smallest absolute Gasteiger partial charge is 0.317 e. The summed E-state index contributed by atoms with van der Waals surface area (Å²) in [6.45, 7) is 4.68. The van der Waals surface area contributed by atoms with Gasteiger partial charge in [-0.2, -0.15) is 0 Å². The molecule has 3 heterocycles. The zero-order valence-electron chi connectivity index (χ0n) is 19.5. The maximum Gasteiger partial charge on any atom is 0.317 e. The van der Waals surface area contributed by atoms with E-state index in [1.807, 2.05) is 40.9 Å². The number of aromatic nitrogens is 3. The lowest BCUT2D eigenvalue weighted by atomic mass is 10.0. The van der Waals surface area contributed by atoms with Crippen molar-refractivity contribution < 1.29 is 19.1 Å². The van der Waals surface area contributed by atoms with Gasteiger partial charge in [0.15, 0.2) is 22.9 Å². The van der Waals surface area contributed by atoms with E-state index >= 15 is 0 Å². The van der Waals surface area contributed by atoms with Gasteiger partial charge in [-0.05, 0) is 45.6 Å². The molecule has 0 radical (unpaired) electrons. The van der Waals surface area contributed by atoms with Crippen LogP contribution in [0.25, 0.3) is 0 Å². The lowest BCUT2D eigenvalue weighted by molar-refractivity contribution is -0.682. The molecule has 8 heteroatoms. The average molecular weight is 468 g/mol. The van der Waals surface area contributed by atoms with Gasteiger partial charge >= 0.3 is 5.82 Å². The minimum atomic E-state index is -0.884. The van der Waals surface area contributed by atoms with Gasteiger partial charge in [0.1, 0.15) is 24.9 Å². The molecular formula is C25H31N4O3S+. The molecule has 33 heavy (non-hydrogen) atoms. The number of hydrogen-bond donors (Lipinski definition) is 1. The van der Waals surface area contributed by atoms with Crippen LogP contribution in [0.1, 0.15) is 48.6 Å². The molecule has 174 valence electrons. The van der Waals surface area contributed by atoms with E-state index < -0.39 is 6.23 Å². The predicted octanol–water partition coefficient (Wildman–Crippen LogP) is 3.36. The van der Waals surface area contributed by atoms with Crippen LogP contribution in [0.2, 0.25) is 0 Å². The molecule has 7 nitrogen and oxygen atoms in total. The number of aliphatic hydroxyl groups is 1. The van der Waals surface area contributed by atoms with E-state index in [1.165, 1.54) is 23.4 Å². The number of anilines is 1. The summed E-state index contributed by atoms with van der Waals surface area (Å²) in [5, 5.41) is 12.1. The molecule has 0 fully saturated rings. The Morgan fingerprint density at radius 2 is 2.12 bits per heavy atom. The fourth-order valence-corrected chi connectivity index (χ4v) is 5.69. The fraction of sp³-hybridized carbons (Fsp3) is 0.480. The van der Waals surface area contributed by atoms with Gasteiger partial charge in [0.2, 0.25) is 0 Å². The van der Waals surface area contributed by atoms with Gasteiger partial charge < -0.3 is 19.5 Å². The molecule has 5 rings (SSSR count). The zero-order valence-corrected chi connectivity index (χ0v) is 20.3. The van der Waals surface area contributed by atoms with Crippen LogP contribution in [-0.4, -0.2) is 33.5 Å². The Labute approximate surface area is 198 Å². The van der Waals surface area contributed by atoms with Gasteiger partial charge in [0.25, 0.3) is 0 Å². The van der Waals surface area contributed by atoms with E-state index in [4.69, 9.17) is 14.5 Å². The number of ether oxygens (including phenoxy) is 2. The minimum Gasteiger partial charge on any atom is -0.485 e. The SMILES string of the molecule is C[n+]1cccnc1CN(c1nc2c(s1)CCCC2)C(O)COc1cccc2c1OC(C)(C)C2. The van der Waals surface area contributed by atoms with E-state index in [0.717, 1.165) is 41.5 Å². The molecule has 0 saturated carbocycles. The molecule has 1 aliphatic heterocycles. The van der Waals surface area contributed by atoms with Crippen molar-refractivity contribution in [1.82, 2.24) is 9.97 Å². The second kappa shape index (κ2) is 8.91. The van der Waals surface area contributed by atoms with E-state index in [9.17, 15) is 5.11 Å². The normalized spacial score (nSPS) is 17.1. The van der Waals surface area contributed by atoms with Crippen molar-refractivity contribution in [3.05, 3.63) is 58.6 Å². The Morgan fingerprint density at radius 3 is 2.94 bits per heavy atom. The lowest BCUT2D eigenvalue weighted by Crippen LogP contribution is -2.44. The number of thiazole rings is 1. The summed E-state index contributed by atoms with van der Waals surface area (Å²) >= 11 is 1.68. The number of para-hydroxylation sites is 1. The predicted molar refractivity (Wildman–Crippen MR) is 127 cm³/mol. The molecule has 0 saturated heterocycles. The third-order valence-electron chi connectivity index (χ3n) is 6.22. The number of rotatable bonds is 7. The first kappa shape index (κ1) is 22.1. The highest BCUT2D eigenvalue weighted by Crippen LogP contribution is 2.42. The van der Waals surface area contributed by atoms with Gasteiger partial charge in [-0.25, -0.2) is 9.55 Å². The Bertz CT molecular complexity index is 1120. The van der Waals surface area contributed by atoms with E-state index in [1.54, 1.807) is 17.5 Å². The Morgan fingerprint density at radius 1 is 1.27 bits per heavy atom. The van der Waals surface area contributed by atoms with Crippen LogP contribution < -0.4 is 18.9 Å². The number of fused-ring (bicyclic) bond motifs is 2. The summed E-state index contributed by atoms with van der Waals surface area (Å²) < 4.78 is 14.2. The third-order valence-corrected chi connectivity index (χ3v) is 7.42. The zero-order chi connectivity index (χ0) is 23.0. The van der Waals surface area contributed by atoms with Crippen LogP contribution >= 0.6 is 11.3 Å². The van der Waals surface area contributed by atoms with Crippen molar-refractivity contribution in [2.75, 3.05) is 11.5 Å². The molecule has 1 unspecified atom stereocenters. The quantitative estimate of drug-likeness (QED) is 0.424. The Kier molecular flexibility index (Phi) is 5.97. The number of nitrogens with zero attached hydrogens (tertiary/aromatic N) is 4. The Hall–Kier alpha value is -2.71. The molecule has 1 aromatic carbocycles. The summed E-state index contributed by atoms with van der Waals surface area (Å²) in [7, 11) is 1.96. The van der Waals surface area contributed by atoms with Crippen molar-refractivity contribution in [3.63, 3.8) is 0 Å². The molecule has 1 aliphatic carbocycles. The summed E-state index contributed by atoms with van der Waals surface area (Å²) in [4.78, 5) is 12.6. The monoisotopic (exact) mass is 467 g/mol. The van der Waals surface area contributed by atoms with Gasteiger partial charge in [-0.1, -0.05) is 17.1 Å². The van der Waals surface area contributed by atoms with Crippen LogP contribution in [-0.2, 0) is 32.9 Å². The van der Waals surface area contributed by atoms with Crippen molar-refractivity contribution >= 4 is 16.5 Å². The van der Waals surface area contributed by atoms with Crippen LogP contribution in [0, 0.1) is 0 Å². The third kappa shape index (κ3) is 4.68. The van der Waals surface area contributed by atoms with Gasteiger partial charge in [0, 0.05) is 22.9 Å². The molecule has 0 bridgehead atoms. The average Bonchev–Trinajstić information content (AvgIpc) is 3.36. The van der Waals surface area contributed by atoms with Crippen LogP contribution in [0.5, 0.6) is 11.5 Å². The summed E-state index contributed by atoms with van der Waals surface area (Å²) in [5.74, 6) is 2.29. The van der Waals surface area contributed by atoms with Crippen molar-refractivity contribution in [1.29, 1.82) is 0 Å². The van der Waals surface area contributed by atoms with Gasteiger partial charge in [-0.3, -0.25) is 0 Å². The van der Waals surface area contributed by atoms with Crippen molar-refractivity contribution in [2.24, 2.45) is 7.05 Å². The minimum absolute atomic E-state index is 0.0983. The highest BCUT2D eigenvalue weighted by molar-refractivity contribution is 7.15. The first-order valence-corrected chi connectivity index (χ1v) is 12.4. The maximum atomic E-state index is 11.3. The van der Waals surface area contributed by atoms with Crippen LogP contribution in [0.15, 0.2) is 36.7 Å². The molecule has 2 aromatic heterocycles. The molecular weight excluding hydrogens is 436 g/mol. The fourth-order valence-electron chi connectivity index (χ4n) is 4.50. The lowest BCUT2D eigenvalue weighted by Gasteiger charge is -2.26. The van der Waals surface area contributed by atoms with Crippen LogP contribution in [0.3, 0.4) is 0 Å². The highest BCUT2D eigenvalue weighted by atomic mass is 32.1. The van der Waals surface area contributed by atoms with E-state index in [0.29, 0.717) is 12.3 Å². The molecule has 0 amide bonds. The highest BCUT2D eigenvalue weighted by Gasteiger charge is 2.33. The second-order valence-corrected chi connectivity index (χ2v) is 10.5. The number of benzene rings is 1. The van der Waals surface area contributed by atoms with E-state index in [2.05, 4.69) is 24.9 Å². The molecule has 2 aliphatic rings. The molecule has 3 aromatic rings. The number of aliphatic hydroxyl groups excluding tert-OH is 1. The second-order valence-electron chi connectivity index (χ2n) is 9.42. The maximum absolute atomic E-state index is 11.3. The summed E-state index contributed by atoms with van der Waals surface area (Å²) in [6, 6.07) is 7.85. The summed E-state index contributed by atoms with van der Waals surface area (Å²) in [5.41, 5.74) is 2.05. The first-order valence-electron chi connectivity index (χ1n) is 11.6. The standard InChI is InChI=1S/C25H31N4O3S/c1-25(2)14-17-8-6-10-19(23(17)32-25)31-16-22(30)29(15-21-26-12-7-13-28(21)3)24-27-18-9-4-5-11-20(18)33-24/h6-8,10,12-13,22,30H,4-5,9,11,14-16H2,1-3H3/q+1. The van der Waals surface area contributed by atoms with E-state index in [-0.39, 0.29) is 12.2 Å². The topological polar surface area (TPSA) is 71.6 Å². The van der Waals surface area contributed by atoms with Gasteiger partial charge in [0.05, 0.1) is 18.9 Å². The first-order chi connectivity index (χ1) is 15.9.